The average Bonchev–Trinajstić information content (AvgIpc) is 2.77. The predicted molar refractivity (Wildman–Crippen MR) is 58.8 cm³/mol. The number of aromatic nitrogens is 4. The van der Waals surface area contributed by atoms with E-state index in [0.29, 0.717) is 15.4 Å². The molecule has 6 nitrogen and oxygen atoms in total. The van der Waals surface area contributed by atoms with Crippen molar-refractivity contribution in [2.45, 2.75) is 0 Å². The first kappa shape index (κ1) is 10.2. The van der Waals surface area contributed by atoms with Crippen molar-refractivity contribution >= 4 is 38.3 Å². The molecule has 2 aromatic heterocycles. The first-order chi connectivity index (χ1) is 7.18. The number of amides is 1. The van der Waals surface area contributed by atoms with Crippen molar-refractivity contribution < 1.29 is 4.79 Å². The number of aryl methyl sites for hydroxylation is 1. The first-order valence-electron chi connectivity index (χ1n) is 3.94. The fraction of sp³-hybridized carbons (Fsp3) is 0.143. The molecule has 0 aliphatic carbocycles. The predicted octanol–water partition coefficient (Wildman–Crippen LogP) is 1.29. The van der Waals surface area contributed by atoms with Crippen molar-refractivity contribution in [2.75, 3.05) is 5.32 Å². The molecule has 2 aromatic rings. The van der Waals surface area contributed by atoms with E-state index in [1.807, 2.05) is 0 Å². The molecule has 0 atom stereocenters. The van der Waals surface area contributed by atoms with Gasteiger partial charge in [-0.2, -0.15) is 0 Å². The van der Waals surface area contributed by atoms with Crippen molar-refractivity contribution in [1.29, 1.82) is 0 Å². The van der Waals surface area contributed by atoms with Crippen LogP contribution in [-0.2, 0) is 7.05 Å². The Labute approximate surface area is 97.5 Å². The first-order valence-corrected chi connectivity index (χ1v) is 5.62. The molecule has 1 amide bonds. The van der Waals surface area contributed by atoms with Gasteiger partial charge >= 0.3 is 0 Å². The number of halogens is 1. The van der Waals surface area contributed by atoms with Crippen LogP contribution < -0.4 is 5.32 Å². The minimum atomic E-state index is -0.288. The Morgan fingerprint density at radius 1 is 1.67 bits per heavy atom. The van der Waals surface area contributed by atoms with Crippen LogP contribution in [0.2, 0.25) is 0 Å². The zero-order chi connectivity index (χ0) is 10.8. The maximum absolute atomic E-state index is 11.7. The summed E-state index contributed by atoms with van der Waals surface area (Å²) in [5.74, 6) is -0.288. The van der Waals surface area contributed by atoms with Crippen LogP contribution in [0.5, 0.6) is 0 Å². The molecule has 0 radical (unpaired) electrons. The third-order valence-corrected chi connectivity index (χ3v) is 2.88. The van der Waals surface area contributed by atoms with Crippen LogP contribution in [0.4, 0.5) is 5.13 Å². The van der Waals surface area contributed by atoms with Gasteiger partial charge < -0.3 is 0 Å². The molecule has 0 unspecified atom stereocenters. The minimum Gasteiger partial charge on any atom is -0.296 e. The summed E-state index contributed by atoms with van der Waals surface area (Å²) < 4.78 is 1.81. The van der Waals surface area contributed by atoms with Gasteiger partial charge in [0.05, 0.1) is 0 Å². The summed E-state index contributed by atoms with van der Waals surface area (Å²) in [6, 6.07) is 0. The van der Waals surface area contributed by atoms with Crippen LogP contribution in [-0.4, -0.2) is 25.9 Å². The van der Waals surface area contributed by atoms with Crippen molar-refractivity contribution in [2.24, 2.45) is 7.05 Å². The van der Waals surface area contributed by atoms with E-state index in [2.05, 4.69) is 36.5 Å². The van der Waals surface area contributed by atoms with Gasteiger partial charge in [-0.3, -0.25) is 10.1 Å². The number of hydrogen-bond acceptors (Lipinski definition) is 5. The summed E-state index contributed by atoms with van der Waals surface area (Å²) >= 11 is 4.50. The highest BCUT2D eigenvalue weighted by Gasteiger charge is 2.17. The number of anilines is 1. The Balaban J connectivity index is 2.22. The third-order valence-electron chi connectivity index (χ3n) is 1.65. The standard InChI is InChI=1S/C7H6BrN5OS/c1-13-4(5(8)11-12-13)6(14)10-7-9-2-3-15-7/h2-3H,1H3,(H,9,10,14). The molecule has 1 N–H and O–H groups in total. The highest BCUT2D eigenvalue weighted by atomic mass is 79.9. The number of nitrogens with zero attached hydrogens (tertiary/aromatic N) is 4. The zero-order valence-corrected chi connectivity index (χ0v) is 10.0. The molecule has 2 rings (SSSR count). The number of nitrogens with one attached hydrogen (secondary N) is 1. The Morgan fingerprint density at radius 2 is 2.47 bits per heavy atom. The van der Waals surface area contributed by atoms with E-state index in [9.17, 15) is 4.79 Å². The Hall–Kier alpha value is -1.28. The topological polar surface area (TPSA) is 72.7 Å². The summed E-state index contributed by atoms with van der Waals surface area (Å²) in [5.41, 5.74) is 0.366. The molecule has 0 bridgehead atoms. The van der Waals surface area contributed by atoms with Crippen molar-refractivity contribution in [3.8, 4) is 0 Å². The summed E-state index contributed by atoms with van der Waals surface area (Å²) in [7, 11) is 1.65. The van der Waals surface area contributed by atoms with Gasteiger partial charge in [0.1, 0.15) is 0 Å². The Morgan fingerprint density at radius 3 is 3.00 bits per heavy atom. The lowest BCUT2D eigenvalue weighted by Crippen LogP contribution is -2.16. The summed E-state index contributed by atoms with van der Waals surface area (Å²) in [6.45, 7) is 0. The lowest BCUT2D eigenvalue weighted by Gasteiger charge is -2.00. The van der Waals surface area contributed by atoms with Gasteiger partial charge in [-0.15, -0.1) is 16.4 Å². The largest absolute Gasteiger partial charge is 0.296 e. The highest BCUT2D eigenvalue weighted by molar-refractivity contribution is 9.10. The minimum absolute atomic E-state index is 0.288. The summed E-state index contributed by atoms with van der Waals surface area (Å²) in [6.07, 6.45) is 1.62. The van der Waals surface area contributed by atoms with Gasteiger partial charge in [-0.1, -0.05) is 5.21 Å². The summed E-state index contributed by atoms with van der Waals surface area (Å²) in [5, 5.41) is 12.4. The maximum Gasteiger partial charge on any atom is 0.278 e. The van der Waals surface area contributed by atoms with Gasteiger partial charge in [0, 0.05) is 18.6 Å². The van der Waals surface area contributed by atoms with Crippen molar-refractivity contribution in [3.63, 3.8) is 0 Å². The Kier molecular flexibility index (Phi) is 2.78. The van der Waals surface area contributed by atoms with Gasteiger partial charge in [0.15, 0.2) is 15.4 Å². The molecule has 0 fully saturated rings. The van der Waals surface area contributed by atoms with Crippen LogP contribution in [0.25, 0.3) is 0 Å². The molecule has 8 heteroatoms. The van der Waals surface area contributed by atoms with Gasteiger partial charge in [0.25, 0.3) is 5.91 Å². The van der Waals surface area contributed by atoms with Gasteiger partial charge in [0.2, 0.25) is 0 Å². The molecule has 0 spiro atoms. The molecule has 78 valence electrons. The second kappa shape index (κ2) is 4.07. The van der Waals surface area contributed by atoms with Crippen LogP contribution in [0, 0.1) is 0 Å². The molecule has 0 aliphatic heterocycles. The van der Waals surface area contributed by atoms with Crippen molar-refractivity contribution in [3.05, 3.63) is 21.9 Å². The number of carbonyl (C=O) groups is 1. The van der Waals surface area contributed by atoms with E-state index < -0.39 is 0 Å². The van der Waals surface area contributed by atoms with Crippen LogP contribution in [0.15, 0.2) is 16.2 Å². The van der Waals surface area contributed by atoms with E-state index in [1.165, 1.54) is 16.0 Å². The number of thiazole rings is 1. The lowest BCUT2D eigenvalue weighted by atomic mass is 10.4. The number of hydrogen-bond donors (Lipinski definition) is 1. The lowest BCUT2D eigenvalue weighted by molar-refractivity contribution is 0.101. The second-order valence-corrected chi connectivity index (χ2v) is 4.29. The van der Waals surface area contributed by atoms with Crippen LogP contribution >= 0.6 is 27.3 Å². The molecule has 15 heavy (non-hydrogen) atoms. The normalized spacial score (nSPS) is 10.3. The van der Waals surface area contributed by atoms with E-state index in [-0.39, 0.29) is 5.91 Å². The van der Waals surface area contributed by atoms with E-state index >= 15 is 0 Å². The molecule has 0 saturated carbocycles. The number of carbonyl (C=O) groups excluding carboxylic acids is 1. The average molecular weight is 288 g/mol. The monoisotopic (exact) mass is 287 g/mol. The molecule has 0 saturated heterocycles. The highest BCUT2D eigenvalue weighted by Crippen LogP contribution is 2.16. The van der Waals surface area contributed by atoms with Gasteiger partial charge in [-0.05, 0) is 15.9 Å². The fourth-order valence-electron chi connectivity index (χ4n) is 1.01. The SMILES string of the molecule is Cn1nnc(Br)c1C(=O)Nc1nccs1. The third kappa shape index (κ3) is 2.05. The van der Waals surface area contributed by atoms with E-state index in [1.54, 1.807) is 18.6 Å². The number of rotatable bonds is 2. The maximum atomic E-state index is 11.7. The second-order valence-electron chi connectivity index (χ2n) is 2.64. The van der Waals surface area contributed by atoms with E-state index in [0.717, 1.165) is 0 Å². The quantitative estimate of drug-likeness (QED) is 0.903. The van der Waals surface area contributed by atoms with Crippen molar-refractivity contribution in [1.82, 2.24) is 20.0 Å². The smallest absolute Gasteiger partial charge is 0.278 e. The zero-order valence-electron chi connectivity index (χ0n) is 7.64. The molecule has 0 aromatic carbocycles. The van der Waals surface area contributed by atoms with Crippen LogP contribution in [0.3, 0.4) is 0 Å². The molecular weight excluding hydrogens is 282 g/mol. The molecule has 0 aliphatic rings. The molecule has 2 heterocycles. The molecular formula is C7H6BrN5OS. The van der Waals surface area contributed by atoms with E-state index in [4.69, 9.17) is 0 Å². The fourth-order valence-corrected chi connectivity index (χ4v) is 2.05. The Bertz CT molecular complexity index is 460. The summed E-state index contributed by atoms with van der Waals surface area (Å²) in [4.78, 5) is 15.7. The van der Waals surface area contributed by atoms with Crippen LogP contribution in [0.1, 0.15) is 10.5 Å². The van der Waals surface area contributed by atoms with Gasteiger partial charge in [-0.25, -0.2) is 9.67 Å².